The highest BCUT2D eigenvalue weighted by atomic mass is 35.5. The van der Waals surface area contributed by atoms with Gasteiger partial charge in [-0.3, -0.25) is 0 Å². The SMILES string of the molecule is C[C@H](O)CNCCNCc1ccccc1OCc1ccc(Cl)cc1. The van der Waals surface area contributed by atoms with E-state index in [0.717, 1.165) is 41.5 Å². The molecule has 130 valence electrons. The normalized spacial score (nSPS) is 12.1. The highest BCUT2D eigenvalue weighted by molar-refractivity contribution is 6.30. The highest BCUT2D eigenvalue weighted by Gasteiger charge is 2.03. The van der Waals surface area contributed by atoms with Crippen LogP contribution in [0.1, 0.15) is 18.1 Å². The fourth-order valence-electron chi connectivity index (χ4n) is 2.24. The minimum absolute atomic E-state index is 0.313. The van der Waals surface area contributed by atoms with Gasteiger partial charge in [0.2, 0.25) is 0 Å². The van der Waals surface area contributed by atoms with Crippen LogP contribution in [0.15, 0.2) is 48.5 Å². The van der Waals surface area contributed by atoms with E-state index in [1.165, 1.54) is 0 Å². The molecule has 0 heterocycles. The second-order valence-corrected chi connectivity index (χ2v) is 6.19. The summed E-state index contributed by atoms with van der Waals surface area (Å²) in [7, 11) is 0. The van der Waals surface area contributed by atoms with Gasteiger partial charge in [-0.2, -0.15) is 0 Å². The van der Waals surface area contributed by atoms with Crippen molar-refractivity contribution in [3.8, 4) is 5.75 Å². The summed E-state index contributed by atoms with van der Waals surface area (Å²) in [5.74, 6) is 0.886. The lowest BCUT2D eigenvalue weighted by Crippen LogP contribution is -2.31. The Morgan fingerprint density at radius 3 is 2.50 bits per heavy atom. The van der Waals surface area contributed by atoms with E-state index in [0.29, 0.717) is 13.2 Å². The monoisotopic (exact) mass is 348 g/mol. The topological polar surface area (TPSA) is 53.5 Å². The first-order valence-corrected chi connectivity index (χ1v) is 8.57. The predicted octanol–water partition coefficient (Wildman–Crippen LogP) is 2.98. The van der Waals surface area contributed by atoms with Crippen molar-refractivity contribution < 1.29 is 9.84 Å². The lowest BCUT2D eigenvalue weighted by molar-refractivity contribution is 0.191. The first kappa shape index (κ1) is 18.7. The molecule has 0 saturated heterocycles. The Kier molecular flexibility index (Phi) is 8.05. The van der Waals surface area contributed by atoms with Gasteiger partial charge in [-0.1, -0.05) is 41.9 Å². The zero-order chi connectivity index (χ0) is 17.2. The smallest absolute Gasteiger partial charge is 0.124 e. The minimum atomic E-state index is -0.313. The number of ether oxygens (including phenoxy) is 1. The number of hydrogen-bond acceptors (Lipinski definition) is 4. The van der Waals surface area contributed by atoms with Crippen LogP contribution in [0.3, 0.4) is 0 Å². The summed E-state index contributed by atoms with van der Waals surface area (Å²) in [6.45, 7) is 5.30. The van der Waals surface area contributed by atoms with Crippen LogP contribution in [0.25, 0.3) is 0 Å². The molecule has 5 heteroatoms. The second-order valence-electron chi connectivity index (χ2n) is 5.75. The Morgan fingerprint density at radius 1 is 1.04 bits per heavy atom. The summed E-state index contributed by atoms with van der Waals surface area (Å²) in [6, 6.07) is 15.7. The molecule has 0 bridgehead atoms. The Hall–Kier alpha value is -1.59. The Morgan fingerprint density at radius 2 is 1.75 bits per heavy atom. The molecule has 0 aliphatic rings. The van der Waals surface area contributed by atoms with Crippen molar-refractivity contribution in [2.75, 3.05) is 19.6 Å². The molecule has 2 rings (SSSR count). The molecule has 0 saturated carbocycles. The van der Waals surface area contributed by atoms with Gasteiger partial charge in [0.15, 0.2) is 0 Å². The maximum atomic E-state index is 9.18. The van der Waals surface area contributed by atoms with Crippen LogP contribution >= 0.6 is 11.6 Å². The van der Waals surface area contributed by atoms with Crippen molar-refractivity contribution in [1.29, 1.82) is 0 Å². The molecule has 0 fully saturated rings. The van der Waals surface area contributed by atoms with Crippen molar-refractivity contribution in [1.82, 2.24) is 10.6 Å². The van der Waals surface area contributed by atoms with Crippen LogP contribution in [0, 0.1) is 0 Å². The molecule has 1 atom stereocenters. The van der Waals surface area contributed by atoms with Crippen LogP contribution < -0.4 is 15.4 Å². The molecule has 0 spiro atoms. The van der Waals surface area contributed by atoms with E-state index < -0.39 is 0 Å². The lowest BCUT2D eigenvalue weighted by atomic mass is 10.2. The molecule has 0 aliphatic heterocycles. The van der Waals surface area contributed by atoms with Gasteiger partial charge < -0.3 is 20.5 Å². The molecule has 0 radical (unpaired) electrons. The maximum Gasteiger partial charge on any atom is 0.124 e. The number of hydrogen-bond donors (Lipinski definition) is 3. The quantitative estimate of drug-likeness (QED) is 0.578. The second kappa shape index (κ2) is 10.3. The number of para-hydroxylation sites is 1. The highest BCUT2D eigenvalue weighted by Crippen LogP contribution is 2.19. The van der Waals surface area contributed by atoms with Gasteiger partial charge in [0.1, 0.15) is 12.4 Å². The molecule has 0 aromatic heterocycles. The van der Waals surface area contributed by atoms with Crippen molar-refractivity contribution in [2.24, 2.45) is 0 Å². The fraction of sp³-hybridized carbons (Fsp3) is 0.368. The zero-order valence-electron chi connectivity index (χ0n) is 14.0. The Labute approximate surface area is 148 Å². The van der Waals surface area contributed by atoms with E-state index in [2.05, 4.69) is 16.7 Å². The minimum Gasteiger partial charge on any atom is -0.489 e. The lowest BCUT2D eigenvalue weighted by Gasteiger charge is -2.13. The van der Waals surface area contributed by atoms with Gasteiger partial charge in [-0.15, -0.1) is 0 Å². The Balaban J connectivity index is 1.78. The summed E-state index contributed by atoms with van der Waals surface area (Å²) in [5, 5.41) is 16.5. The van der Waals surface area contributed by atoms with Crippen molar-refractivity contribution >= 4 is 11.6 Å². The number of rotatable bonds is 10. The van der Waals surface area contributed by atoms with Gasteiger partial charge in [-0.25, -0.2) is 0 Å². The standard InChI is InChI=1S/C19H25ClN2O2/c1-15(23)12-21-10-11-22-13-17-4-2-3-5-19(17)24-14-16-6-8-18(20)9-7-16/h2-9,15,21-23H,10-14H2,1H3/t15-/m0/s1. The average molecular weight is 349 g/mol. The summed E-state index contributed by atoms with van der Waals surface area (Å²) in [4.78, 5) is 0. The zero-order valence-corrected chi connectivity index (χ0v) is 14.7. The molecule has 2 aromatic carbocycles. The molecule has 2 aromatic rings. The van der Waals surface area contributed by atoms with E-state index in [1.807, 2.05) is 42.5 Å². The van der Waals surface area contributed by atoms with E-state index >= 15 is 0 Å². The van der Waals surface area contributed by atoms with E-state index in [9.17, 15) is 5.11 Å². The van der Waals surface area contributed by atoms with Crippen molar-refractivity contribution in [3.05, 3.63) is 64.7 Å². The van der Waals surface area contributed by atoms with Crippen LogP contribution in [0.5, 0.6) is 5.75 Å². The van der Waals surface area contributed by atoms with Crippen LogP contribution in [-0.2, 0) is 13.2 Å². The van der Waals surface area contributed by atoms with Crippen molar-refractivity contribution in [3.63, 3.8) is 0 Å². The van der Waals surface area contributed by atoms with Gasteiger partial charge in [0.05, 0.1) is 6.10 Å². The number of aliphatic hydroxyl groups is 1. The molecule has 24 heavy (non-hydrogen) atoms. The third-order valence-corrected chi connectivity index (χ3v) is 3.77. The third kappa shape index (κ3) is 6.89. The number of halogens is 1. The summed E-state index contributed by atoms with van der Waals surface area (Å²) < 4.78 is 5.94. The number of benzene rings is 2. The molecule has 0 amide bonds. The molecular formula is C19H25ClN2O2. The first-order valence-electron chi connectivity index (χ1n) is 8.20. The van der Waals surface area contributed by atoms with Gasteiger partial charge in [-0.05, 0) is 30.7 Å². The largest absolute Gasteiger partial charge is 0.489 e. The molecule has 0 aliphatic carbocycles. The molecule has 0 unspecified atom stereocenters. The van der Waals surface area contributed by atoms with Crippen LogP contribution in [0.4, 0.5) is 0 Å². The third-order valence-electron chi connectivity index (χ3n) is 3.51. The fourth-order valence-corrected chi connectivity index (χ4v) is 2.37. The van der Waals surface area contributed by atoms with Crippen LogP contribution in [0.2, 0.25) is 5.02 Å². The first-order chi connectivity index (χ1) is 11.6. The Bertz CT molecular complexity index is 603. The number of aliphatic hydroxyl groups excluding tert-OH is 1. The van der Waals surface area contributed by atoms with Gasteiger partial charge in [0, 0.05) is 36.8 Å². The van der Waals surface area contributed by atoms with Gasteiger partial charge in [0.25, 0.3) is 0 Å². The van der Waals surface area contributed by atoms with E-state index in [-0.39, 0.29) is 6.10 Å². The van der Waals surface area contributed by atoms with Crippen LogP contribution in [-0.4, -0.2) is 30.8 Å². The maximum absolute atomic E-state index is 9.18. The average Bonchev–Trinajstić information content (AvgIpc) is 2.58. The predicted molar refractivity (Wildman–Crippen MR) is 98.5 cm³/mol. The number of nitrogens with one attached hydrogen (secondary N) is 2. The van der Waals surface area contributed by atoms with E-state index in [4.69, 9.17) is 16.3 Å². The molecular weight excluding hydrogens is 324 g/mol. The van der Waals surface area contributed by atoms with Crippen molar-refractivity contribution in [2.45, 2.75) is 26.2 Å². The summed E-state index contributed by atoms with van der Waals surface area (Å²) in [6.07, 6.45) is -0.313. The summed E-state index contributed by atoms with van der Waals surface area (Å²) >= 11 is 5.90. The van der Waals surface area contributed by atoms with Gasteiger partial charge >= 0.3 is 0 Å². The molecule has 3 N–H and O–H groups in total. The summed E-state index contributed by atoms with van der Waals surface area (Å²) in [5.41, 5.74) is 2.21. The molecule has 4 nitrogen and oxygen atoms in total. The van der Waals surface area contributed by atoms with E-state index in [1.54, 1.807) is 6.92 Å².